The molecule has 0 spiro atoms. The number of imide groups is 1. The summed E-state index contributed by atoms with van der Waals surface area (Å²) in [5.41, 5.74) is 1.46. The van der Waals surface area contributed by atoms with Gasteiger partial charge in [0.1, 0.15) is 30.5 Å². The monoisotopic (exact) mass is 527 g/mol. The minimum absolute atomic E-state index is 0.156. The molecule has 33 heavy (non-hydrogen) atoms. The lowest BCUT2D eigenvalue weighted by Crippen LogP contribution is -2.32. The van der Waals surface area contributed by atoms with Gasteiger partial charge in [0, 0.05) is 10.0 Å². The zero-order chi connectivity index (χ0) is 23.2. The third-order valence-corrected chi connectivity index (χ3v) is 6.17. The lowest BCUT2D eigenvalue weighted by Gasteiger charge is -2.13. The Bertz CT molecular complexity index is 1180. The van der Waals surface area contributed by atoms with Gasteiger partial charge in [0.25, 0.3) is 11.1 Å². The van der Waals surface area contributed by atoms with Gasteiger partial charge in [0.05, 0.1) is 11.4 Å². The molecule has 1 aliphatic rings. The van der Waals surface area contributed by atoms with Crippen LogP contribution in [0.4, 0.5) is 9.18 Å². The van der Waals surface area contributed by atoms with Crippen LogP contribution >= 0.6 is 27.7 Å². The van der Waals surface area contributed by atoms with Crippen molar-refractivity contribution in [1.82, 2.24) is 4.90 Å². The fraction of sp³-hybridized carbons (Fsp3) is 0.120. The molecule has 0 atom stereocenters. The van der Waals surface area contributed by atoms with Gasteiger partial charge < -0.3 is 9.47 Å². The highest BCUT2D eigenvalue weighted by Crippen LogP contribution is 2.35. The SMILES string of the molecule is O=C1S/C(=C\c2cc(Br)ccc2OCc2ccc(F)cc2)C(=O)N1CCOc1ccccc1. The molecule has 1 fully saturated rings. The summed E-state index contributed by atoms with van der Waals surface area (Å²) in [5, 5.41) is -0.341. The standard InChI is InChI=1S/C25H19BrFNO4S/c26-19-8-11-22(32-16-17-6-9-20(27)10-7-17)18(14-19)15-23-24(29)28(25(30)33-23)12-13-31-21-4-2-1-3-5-21/h1-11,14-15H,12-13,16H2/b23-15-. The Morgan fingerprint density at radius 2 is 1.73 bits per heavy atom. The Hall–Kier alpha value is -3.10. The molecule has 0 unspecified atom stereocenters. The molecule has 0 aliphatic carbocycles. The van der Waals surface area contributed by atoms with E-state index in [0.717, 1.165) is 21.8 Å². The highest BCUT2D eigenvalue weighted by molar-refractivity contribution is 9.10. The van der Waals surface area contributed by atoms with E-state index in [1.54, 1.807) is 24.3 Å². The number of thioether (sulfide) groups is 1. The average molecular weight is 528 g/mol. The third-order valence-electron chi connectivity index (χ3n) is 4.77. The summed E-state index contributed by atoms with van der Waals surface area (Å²) in [6, 6.07) is 20.7. The molecule has 3 aromatic carbocycles. The normalized spacial score (nSPS) is 14.7. The van der Waals surface area contributed by atoms with Crippen molar-refractivity contribution < 1.29 is 23.5 Å². The smallest absolute Gasteiger partial charge is 0.293 e. The van der Waals surface area contributed by atoms with Crippen LogP contribution in [0.25, 0.3) is 6.08 Å². The molecule has 1 heterocycles. The van der Waals surface area contributed by atoms with Crippen molar-refractivity contribution in [2.75, 3.05) is 13.2 Å². The number of ether oxygens (including phenoxy) is 2. The number of hydrogen-bond donors (Lipinski definition) is 0. The number of para-hydroxylation sites is 1. The maximum absolute atomic E-state index is 13.1. The van der Waals surface area contributed by atoms with Crippen LogP contribution in [0.5, 0.6) is 11.5 Å². The molecule has 8 heteroatoms. The van der Waals surface area contributed by atoms with Gasteiger partial charge in [-0.3, -0.25) is 14.5 Å². The zero-order valence-electron chi connectivity index (χ0n) is 17.4. The Balaban J connectivity index is 1.45. The number of carbonyl (C=O) groups excluding carboxylic acids is 2. The largest absolute Gasteiger partial charge is 0.492 e. The van der Waals surface area contributed by atoms with Crippen LogP contribution in [0.1, 0.15) is 11.1 Å². The molecular weight excluding hydrogens is 509 g/mol. The number of amides is 2. The van der Waals surface area contributed by atoms with Crippen molar-refractivity contribution in [3.63, 3.8) is 0 Å². The van der Waals surface area contributed by atoms with Crippen LogP contribution in [0.3, 0.4) is 0 Å². The summed E-state index contributed by atoms with van der Waals surface area (Å²) in [4.78, 5) is 26.7. The van der Waals surface area contributed by atoms with E-state index in [2.05, 4.69) is 15.9 Å². The molecule has 1 saturated heterocycles. The van der Waals surface area contributed by atoms with Crippen molar-refractivity contribution in [3.05, 3.63) is 99.1 Å². The van der Waals surface area contributed by atoms with E-state index in [1.165, 1.54) is 17.0 Å². The van der Waals surface area contributed by atoms with Crippen LogP contribution in [0.2, 0.25) is 0 Å². The molecule has 4 rings (SSSR count). The molecule has 1 aliphatic heterocycles. The summed E-state index contributed by atoms with van der Waals surface area (Å²) >= 11 is 4.32. The van der Waals surface area contributed by atoms with Crippen LogP contribution in [-0.4, -0.2) is 29.2 Å². The van der Waals surface area contributed by atoms with Gasteiger partial charge in [-0.2, -0.15) is 0 Å². The maximum Gasteiger partial charge on any atom is 0.293 e. The first-order valence-corrected chi connectivity index (χ1v) is 11.7. The van der Waals surface area contributed by atoms with Crippen LogP contribution in [-0.2, 0) is 11.4 Å². The Kier molecular flexibility index (Phi) is 7.47. The van der Waals surface area contributed by atoms with E-state index in [1.807, 2.05) is 42.5 Å². The van der Waals surface area contributed by atoms with E-state index in [4.69, 9.17) is 9.47 Å². The minimum Gasteiger partial charge on any atom is -0.492 e. The molecule has 0 bridgehead atoms. The summed E-state index contributed by atoms with van der Waals surface area (Å²) in [5.74, 6) is 0.540. The zero-order valence-corrected chi connectivity index (χ0v) is 19.8. The van der Waals surface area contributed by atoms with E-state index in [0.29, 0.717) is 22.0 Å². The summed E-state index contributed by atoms with van der Waals surface area (Å²) in [7, 11) is 0. The van der Waals surface area contributed by atoms with E-state index < -0.39 is 0 Å². The van der Waals surface area contributed by atoms with Crippen molar-refractivity contribution in [1.29, 1.82) is 0 Å². The molecule has 3 aromatic rings. The average Bonchev–Trinajstić information content (AvgIpc) is 3.08. The first-order chi connectivity index (χ1) is 16.0. The first kappa shape index (κ1) is 23.1. The summed E-state index contributed by atoms with van der Waals surface area (Å²) < 4.78 is 25.4. The first-order valence-electron chi connectivity index (χ1n) is 10.1. The number of halogens is 2. The second kappa shape index (κ2) is 10.7. The molecule has 5 nitrogen and oxygen atoms in total. The summed E-state index contributed by atoms with van der Waals surface area (Å²) in [6.45, 7) is 0.600. The number of rotatable bonds is 8. The lowest BCUT2D eigenvalue weighted by atomic mass is 10.1. The van der Waals surface area contributed by atoms with Crippen molar-refractivity contribution >= 4 is 44.9 Å². The van der Waals surface area contributed by atoms with Gasteiger partial charge in [-0.05, 0) is 65.9 Å². The lowest BCUT2D eigenvalue weighted by molar-refractivity contribution is -0.123. The van der Waals surface area contributed by atoms with E-state index in [-0.39, 0.29) is 36.7 Å². The predicted octanol–water partition coefficient (Wildman–Crippen LogP) is 6.28. The highest BCUT2D eigenvalue weighted by Gasteiger charge is 2.35. The highest BCUT2D eigenvalue weighted by atomic mass is 79.9. The van der Waals surface area contributed by atoms with Crippen molar-refractivity contribution in [2.45, 2.75) is 6.61 Å². The quantitative estimate of drug-likeness (QED) is 0.322. The van der Waals surface area contributed by atoms with Crippen LogP contribution < -0.4 is 9.47 Å². The molecular formula is C25H19BrFNO4S. The van der Waals surface area contributed by atoms with Gasteiger partial charge >= 0.3 is 0 Å². The molecule has 168 valence electrons. The Morgan fingerprint density at radius 3 is 2.48 bits per heavy atom. The van der Waals surface area contributed by atoms with Crippen molar-refractivity contribution in [3.8, 4) is 11.5 Å². The molecule has 0 N–H and O–H groups in total. The maximum atomic E-state index is 13.1. The summed E-state index contributed by atoms with van der Waals surface area (Å²) in [6.07, 6.45) is 1.65. The number of benzene rings is 3. The molecule has 0 aromatic heterocycles. The number of nitrogens with zero attached hydrogens (tertiary/aromatic N) is 1. The topological polar surface area (TPSA) is 55.8 Å². The third kappa shape index (κ3) is 6.03. The van der Waals surface area contributed by atoms with Gasteiger partial charge in [0.2, 0.25) is 0 Å². The predicted molar refractivity (Wildman–Crippen MR) is 129 cm³/mol. The number of carbonyl (C=O) groups is 2. The molecule has 0 saturated carbocycles. The van der Waals surface area contributed by atoms with Gasteiger partial charge in [-0.15, -0.1) is 0 Å². The number of hydrogen-bond acceptors (Lipinski definition) is 5. The van der Waals surface area contributed by atoms with Crippen LogP contribution in [0, 0.1) is 5.82 Å². The van der Waals surface area contributed by atoms with Gasteiger partial charge in [-0.25, -0.2) is 4.39 Å². The second-order valence-corrected chi connectivity index (χ2v) is 9.00. The second-order valence-electron chi connectivity index (χ2n) is 7.09. The van der Waals surface area contributed by atoms with Gasteiger partial charge in [0.15, 0.2) is 0 Å². The van der Waals surface area contributed by atoms with E-state index >= 15 is 0 Å². The van der Waals surface area contributed by atoms with Crippen molar-refractivity contribution in [2.24, 2.45) is 0 Å². The Morgan fingerprint density at radius 1 is 0.970 bits per heavy atom. The van der Waals surface area contributed by atoms with Crippen LogP contribution in [0.15, 0.2) is 82.2 Å². The van der Waals surface area contributed by atoms with E-state index in [9.17, 15) is 14.0 Å². The fourth-order valence-corrected chi connectivity index (χ4v) is 4.35. The minimum atomic E-state index is -0.369. The fourth-order valence-electron chi connectivity index (χ4n) is 3.11. The molecule has 0 radical (unpaired) electrons. The Labute approximate surface area is 203 Å². The molecule has 2 amide bonds. The van der Waals surface area contributed by atoms with Gasteiger partial charge in [-0.1, -0.05) is 46.3 Å².